The maximum absolute atomic E-state index is 12.1. The molecule has 0 unspecified atom stereocenters. The van der Waals surface area contributed by atoms with Crippen LogP contribution in [-0.2, 0) is 6.54 Å². The van der Waals surface area contributed by atoms with Gasteiger partial charge in [0.15, 0.2) is 0 Å². The molecule has 1 aliphatic rings. The third kappa shape index (κ3) is 4.39. The SMILES string of the molecule is CCCCn1ccnc1-c1cccc(NC(=O)NCC2(O)CCC2)c1. The minimum absolute atomic E-state index is 0.292. The Bertz CT molecular complexity index is 722. The number of carbonyl (C=O) groups excluding carboxylic acids is 1. The van der Waals surface area contributed by atoms with Gasteiger partial charge in [-0.2, -0.15) is 0 Å². The molecular formula is C19H26N4O2. The third-order valence-electron chi connectivity index (χ3n) is 4.71. The van der Waals surface area contributed by atoms with E-state index in [0.29, 0.717) is 12.2 Å². The Morgan fingerprint density at radius 1 is 1.40 bits per heavy atom. The number of urea groups is 1. The molecule has 6 heteroatoms. The van der Waals surface area contributed by atoms with Crippen LogP contribution >= 0.6 is 0 Å². The van der Waals surface area contributed by atoms with Crippen LogP contribution in [0.1, 0.15) is 39.0 Å². The van der Waals surface area contributed by atoms with Crippen molar-refractivity contribution in [2.45, 2.75) is 51.2 Å². The zero-order chi connectivity index (χ0) is 17.7. The Hall–Kier alpha value is -2.34. The lowest BCUT2D eigenvalue weighted by molar-refractivity contribution is -0.0287. The molecule has 0 bridgehead atoms. The molecule has 134 valence electrons. The molecule has 0 radical (unpaired) electrons. The number of aliphatic hydroxyl groups is 1. The standard InChI is InChI=1S/C19H26N4O2/c1-2-3-11-23-12-10-20-17(23)15-6-4-7-16(13-15)22-18(24)21-14-19(25)8-5-9-19/h4,6-7,10,12-13,25H,2-3,5,8-9,11,14H2,1H3,(H2,21,22,24). The van der Waals surface area contributed by atoms with Crippen LogP contribution in [0, 0.1) is 0 Å². The van der Waals surface area contributed by atoms with Crippen LogP contribution in [0.15, 0.2) is 36.7 Å². The van der Waals surface area contributed by atoms with Gasteiger partial charge in [0.05, 0.1) is 5.60 Å². The number of rotatable bonds is 7. The number of hydrogen-bond donors (Lipinski definition) is 3. The number of unbranched alkanes of at least 4 members (excludes halogenated alkanes) is 1. The van der Waals surface area contributed by atoms with Gasteiger partial charge in [0.2, 0.25) is 0 Å². The predicted molar refractivity (Wildman–Crippen MR) is 98.4 cm³/mol. The molecule has 0 spiro atoms. The summed E-state index contributed by atoms with van der Waals surface area (Å²) in [5.74, 6) is 0.904. The Labute approximate surface area is 148 Å². The number of imidazole rings is 1. The second kappa shape index (κ2) is 7.70. The van der Waals surface area contributed by atoms with Crippen LogP contribution < -0.4 is 10.6 Å². The molecule has 3 rings (SSSR count). The largest absolute Gasteiger partial charge is 0.388 e. The second-order valence-corrected chi connectivity index (χ2v) is 6.76. The van der Waals surface area contributed by atoms with E-state index in [9.17, 15) is 9.90 Å². The first-order valence-electron chi connectivity index (χ1n) is 8.98. The van der Waals surface area contributed by atoms with E-state index in [1.165, 1.54) is 0 Å². The molecule has 25 heavy (non-hydrogen) atoms. The average molecular weight is 342 g/mol. The number of carbonyl (C=O) groups is 1. The van der Waals surface area contributed by atoms with Gasteiger partial charge in [-0.3, -0.25) is 0 Å². The molecular weight excluding hydrogens is 316 g/mol. The maximum Gasteiger partial charge on any atom is 0.319 e. The highest BCUT2D eigenvalue weighted by Crippen LogP contribution is 2.30. The number of anilines is 1. The van der Waals surface area contributed by atoms with Gasteiger partial charge in [-0.15, -0.1) is 0 Å². The molecule has 6 nitrogen and oxygen atoms in total. The summed E-state index contributed by atoms with van der Waals surface area (Å²) in [5, 5.41) is 15.6. The van der Waals surface area contributed by atoms with Gasteiger partial charge in [-0.05, 0) is 37.8 Å². The van der Waals surface area contributed by atoms with E-state index in [2.05, 4.69) is 27.1 Å². The second-order valence-electron chi connectivity index (χ2n) is 6.76. The van der Waals surface area contributed by atoms with Gasteiger partial charge >= 0.3 is 6.03 Å². The van der Waals surface area contributed by atoms with E-state index >= 15 is 0 Å². The van der Waals surface area contributed by atoms with E-state index in [4.69, 9.17) is 0 Å². The van der Waals surface area contributed by atoms with Gasteiger partial charge in [0.25, 0.3) is 0 Å². The fraction of sp³-hybridized carbons (Fsp3) is 0.474. The van der Waals surface area contributed by atoms with Gasteiger partial charge in [0.1, 0.15) is 5.82 Å². The molecule has 3 N–H and O–H groups in total. The Morgan fingerprint density at radius 2 is 2.24 bits per heavy atom. The topological polar surface area (TPSA) is 79.2 Å². The van der Waals surface area contributed by atoms with Crippen LogP contribution in [0.25, 0.3) is 11.4 Å². The van der Waals surface area contributed by atoms with E-state index in [0.717, 1.165) is 50.0 Å². The minimum atomic E-state index is -0.719. The number of benzene rings is 1. The summed E-state index contributed by atoms with van der Waals surface area (Å²) in [5.41, 5.74) is 0.959. The fourth-order valence-corrected chi connectivity index (χ4v) is 3.00. The molecule has 1 fully saturated rings. The van der Waals surface area contributed by atoms with Crippen molar-refractivity contribution in [2.24, 2.45) is 0 Å². The van der Waals surface area contributed by atoms with Gasteiger partial charge in [-0.25, -0.2) is 9.78 Å². The highest BCUT2D eigenvalue weighted by Gasteiger charge is 2.34. The number of aromatic nitrogens is 2. The lowest BCUT2D eigenvalue weighted by Gasteiger charge is -2.36. The van der Waals surface area contributed by atoms with E-state index < -0.39 is 5.60 Å². The minimum Gasteiger partial charge on any atom is -0.388 e. The molecule has 1 saturated carbocycles. The summed E-state index contributed by atoms with van der Waals surface area (Å²) in [6, 6.07) is 7.36. The van der Waals surface area contributed by atoms with Crippen molar-refractivity contribution in [1.29, 1.82) is 0 Å². The first-order valence-corrected chi connectivity index (χ1v) is 8.98. The molecule has 2 amide bonds. The lowest BCUT2D eigenvalue weighted by atomic mass is 9.80. The average Bonchev–Trinajstić information content (AvgIpc) is 3.05. The molecule has 1 aliphatic carbocycles. The number of nitrogens with one attached hydrogen (secondary N) is 2. The molecule has 0 aliphatic heterocycles. The zero-order valence-corrected chi connectivity index (χ0v) is 14.7. The summed E-state index contributed by atoms with van der Waals surface area (Å²) in [6.07, 6.45) is 8.55. The van der Waals surface area contributed by atoms with E-state index in [1.807, 2.05) is 30.5 Å². The van der Waals surface area contributed by atoms with Crippen LogP contribution in [0.2, 0.25) is 0 Å². The molecule has 0 saturated heterocycles. The maximum atomic E-state index is 12.1. The van der Waals surface area contributed by atoms with Crippen molar-refractivity contribution in [3.63, 3.8) is 0 Å². The molecule has 2 aromatic rings. The van der Waals surface area contributed by atoms with Gasteiger partial charge in [0, 0.05) is 36.7 Å². The number of amides is 2. The Morgan fingerprint density at radius 3 is 2.96 bits per heavy atom. The number of hydrogen-bond acceptors (Lipinski definition) is 3. The predicted octanol–water partition coefficient (Wildman–Crippen LogP) is 3.39. The summed E-state index contributed by atoms with van der Waals surface area (Å²) in [6.45, 7) is 3.39. The van der Waals surface area contributed by atoms with Crippen molar-refractivity contribution >= 4 is 11.7 Å². The van der Waals surface area contributed by atoms with E-state index in [1.54, 1.807) is 6.20 Å². The van der Waals surface area contributed by atoms with Gasteiger partial charge < -0.3 is 20.3 Å². The van der Waals surface area contributed by atoms with Crippen LogP contribution in [0.4, 0.5) is 10.5 Å². The highest BCUT2D eigenvalue weighted by molar-refractivity contribution is 5.90. The molecule has 1 aromatic carbocycles. The Kier molecular flexibility index (Phi) is 5.38. The molecule has 1 heterocycles. The van der Waals surface area contributed by atoms with Crippen LogP contribution in [0.5, 0.6) is 0 Å². The first-order chi connectivity index (χ1) is 12.1. The summed E-state index contributed by atoms with van der Waals surface area (Å²) in [4.78, 5) is 16.5. The number of nitrogens with zero attached hydrogens (tertiary/aromatic N) is 2. The lowest BCUT2D eigenvalue weighted by Crippen LogP contribution is -2.48. The van der Waals surface area contributed by atoms with Crippen molar-refractivity contribution in [3.05, 3.63) is 36.7 Å². The third-order valence-corrected chi connectivity index (χ3v) is 4.71. The monoisotopic (exact) mass is 342 g/mol. The zero-order valence-electron chi connectivity index (χ0n) is 14.7. The number of aryl methyl sites for hydroxylation is 1. The molecule has 0 atom stereocenters. The summed E-state index contributed by atoms with van der Waals surface area (Å²) in [7, 11) is 0. The van der Waals surface area contributed by atoms with E-state index in [-0.39, 0.29) is 6.03 Å². The first kappa shape index (κ1) is 17.5. The van der Waals surface area contributed by atoms with Crippen molar-refractivity contribution in [2.75, 3.05) is 11.9 Å². The summed E-state index contributed by atoms with van der Waals surface area (Å²) < 4.78 is 2.13. The summed E-state index contributed by atoms with van der Waals surface area (Å²) >= 11 is 0. The van der Waals surface area contributed by atoms with Crippen molar-refractivity contribution < 1.29 is 9.90 Å². The smallest absolute Gasteiger partial charge is 0.319 e. The van der Waals surface area contributed by atoms with Crippen LogP contribution in [0.3, 0.4) is 0 Å². The highest BCUT2D eigenvalue weighted by atomic mass is 16.3. The van der Waals surface area contributed by atoms with Crippen molar-refractivity contribution in [3.8, 4) is 11.4 Å². The van der Waals surface area contributed by atoms with Gasteiger partial charge in [-0.1, -0.05) is 25.5 Å². The van der Waals surface area contributed by atoms with Crippen LogP contribution in [-0.4, -0.2) is 32.8 Å². The Balaban J connectivity index is 1.63. The molecule has 1 aromatic heterocycles. The van der Waals surface area contributed by atoms with Crippen molar-refractivity contribution in [1.82, 2.24) is 14.9 Å². The normalized spacial score (nSPS) is 15.4. The quantitative estimate of drug-likeness (QED) is 0.721. The fourth-order valence-electron chi connectivity index (χ4n) is 3.00.